The Balaban J connectivity index is 1.49. The van der Waals surface area contributed by atoms with Crippen molar-refractivity contribution >= 4 is 16.9 Å². The standard InChI is InChI=1S/C17H20N2O2/c20-17(19-9-11-7-18-8-11)6-14-10-21-16-5-13-3-1-2-12(13)4-15(14)16/h4-5,10-11,18H,1-3,6-9H2,(H,19,20). The lowest BCUT2D eigenvalue weighted by atomic mass is 10.0. The van der Waals surface area contributed by atoms with E-state index in [1.165, 1.54) is 17.5 Å². The van der Waals surface area contributed by atoms with Crippen LogP contribution in [-0.2, 0) is 24.1 Å². The molecular weight excluding hydrogens is 264 g/mol. The first kappa shape index (κ1) is 12.9. The summed E-state index contributed by atoms with van der Waals surface area (Å²) in [5.41, 5.74) is 4.75. The molecule has 4 rings (SSSR count). The molecule has 110 valence electrons. The van der Waals surface area contributed by atoms with Gasteiger partial charge >= 0.3 is 0 Å². The number of hydrogen-bond acceptors (Lipinski definition) is 3. The molecule has 4 nitrogen and oxygen atoms in total. The van der Waals surface area contributed by atoms with E-state index in [0.717, 1.165) is 49.0 Å². The summed E-state index contributed by atoms with van der Waals surface area (Å²) in [6.45, 7) is 2.80. The molecule has 2 N–H and O–H groups in total. The summed E-state index contributed by atoms with van der Waals surface area (Å²) >= 11 is 0. The summed E-state index contributed by atoms with van der Waals surface area (Å²) in [4.78, 5) is 12.1. The molecule has 0 radical (unpaired) electrons. The van der Waals surface area contributed by atoms with Crippen LogP contribution in [0.2, 0.25) is 0 Å². The fourth-order valence-corrected chi connectivity index (χ4v) is 3.27. The van der Waals surface area contributed by atoms with Gasteiger partial charge in [0.25, 0.3) is 0 Å². The van der Waals surface area contributed by atoms with E-state index in [9.17, 15) is 4.79 Å². The van der Waals surface area contributed by atoms with Crippen molar-refractivity contribution < 1.29 is 9.21 Å². The van der Waals surface area contributed by atoms with E-state index >= 15 is 0 Å². The minimum absolute atomic E-state index is 0.0881. The maximum atomic E-state index is 12.1. The van der Waals surface area contributed by atoms with Gasteiger partial charge in [-0.05, 0) is 42.5 Å². The van der Waals surface area contributed by atoms with Crippen molar-refractivity contribution in [3.05, 3.63) is 35.1 Å². The summed E-state index contributed by atoms with van der Waals surface area (Å²) < 4.78 is 5.64. The van der Waals surface area contributed by atoms with Crippen LogP contribution in [0, 0.1) is 5.92 Å². The average Bonchev–Trinajstić information content (AvgIpc) is 3.01. The van der Waals surface area contributed by atoms with E-state index < -0.39 is 0 Å². The fourth-order valence-electron chi connectivity index (χ4n) is 3.27. The topological polar surface area (TPSA) is 54.3 Å². The quantitative estimate of drug-likeness (QED) is 0.900. The summed E-state index contributed by atoms with van der Waals surface area (Å²) in [6, 6.07) is 4.37. The SMILES string of the molecule is O=C(Cc1coc2cc3c(cc12)CCC3)NCC1CNC1. The molecule has 0 saturated carbocycles. The second-order valence-corrected chi connectivity index (χ2v) is 6.24. The first-order chi connectivity index (χ1) is 10.3. The average molecular weight is 284 g/mol. The number of aryl methyl sites for hydroxylation is 2. The van der Waals surface area contributed by atoms with Crippen LogP contribution in [-0.4, -0.2) is 25.5 Å². The van der Waals surface area contributed by atoms with Gasteiger partial charge in [-0.15, -0.1) is 0 Å². The van der Waals surface area contributed by atoms with Gasteiger partial charge in [-0.25, -0.2) is 0 Å². The predicted octanol–water partition coefficient (Wildman–Crippen LogP) is 1.80. The second kappa shape index (κ2) is 5.19. The molecule has 0 unspecified atom stereocenters. The number of benzene rings is 1. The molecule has 1 aromatic carbocycles. The van der Waals surface area contributed by atoms with Crippen molar-refractivity contribution in [1.82, 2.24) is 10.6 Å². The maximum absolute atomic E-state index is 12.1. The van der Waals surface area contributed by atoms with Crippen LogP contribution in [0.25, 0.3) is 11.0 Å². The lowest BCUT2D eigenvalue weighted by Crippen LogP contribution is -2.48. The molecule has 1 aromatic heterocycles. The van der Waals surface area contributed by atoms with Gasteiger partial charge < -0.3 is 15.1 Å². The lowest BCUT2D eigenvalue weighted by Gasteiger charge is -2.27. The highest BCUT2D eigenvalue weighted by molar-refractivity contribution is 5.88. The van der Waals surface area contributed by atoms with Crippen molar-refractivity contribution in [1.29, 1.82) is 0 Å². The van der Waals surface area contributed by atoms with Crippen molar-refractivity contribution in [2.24, 2.45) is 5.92 Å². The number of hydrogen-bond donors (Lipinski definition) is 2. The molecule has 2 aromatic rings. The van der Waals surface area contributed by atoms with Crippen molar-refractivity contribution in [2.45, 2.75) is 25.7 Å². The zero-order chi connectivity index (χ0) is 14.2. The molecule has 1 saturated heterocycles. The van der Waals surface area contributed by atoms with Crippen molar-refractivity contribution in [3.63, 3.8) is 0 Å². The largest absolute Gasteiger partial charge is 0.464 e. The Labute approximate surface area is 123 Å². The highest BCUT2D eigenvalue weighted by atomic mass is 16.3. The zero-order valence-electron chi connectivity index (χ0n) is 12.1. The van der Waals surface area contributed by atoms with E-state index in [1.807, 2.05) is 0 Å². The van der Waals surface area contributed by atoms with Gasteiger partial charge in [0.1, 0.15) is 5.58 Å². The Morgan fingerprint density at radius 1 is 1.29 bits per heavy atom. The van der Waals surface area contributed by atoms with Gasteiger partial charge in [0.15, 0.2) is 0 Å². The van der Waals surface area contributed by atoms with E-state index in [4.69, 9.17) is 4.42 Å². The maximum Gasteiger partial charge on any atom is 0.224 e. The Morgan fingerprint density at radius 2 is 2.10 bits per heavy atom. The third-order valence-corrected chi connectivity index (χ3v) is 4.67. The predicted molar refractivity (Wildman–Crippen MR) is 81.3 cm³/mol. The first-order valence-corrected chi connectivity index (χ1v) is 7.79. The molecular formula is C17H20N2O2. The van der Waals surface area contributed by atoms with Gasteiger partial charge in [-0.1, -0.05) is 0 Å². The molecule has 1 amide bonds. The fraction of sp³-hybridized carbons (Fsp3) is 0.471. The monoisotopic (exact) mass is 284 g/mol. The Hall–Kier alpha value is -1.81. The number of carbonyl (C=O) groups is 1. The number of furan rings is 1. The van der Waals surface area contributed by atoms with Crippen LogP contribution in [0.4, 0.5) is 0 Å². The second-order valence-electron chi connectivity index (χ2n) is 6.24. The number of fused-ring (bicyclic) bond motifs is 2. The van der Waals surface area contributed by atoms with Crippen LogP contribution in [0.1, 0.15) is 23.1 Å². The van der Waals surface area contributed by atoms with Gasteiger partial charge in [-0.3, -0.25) is 4.79 Å². The number of nitrogens with one attached hydrogen (secondary N) is 2. The van der Waals surface area contributed by atoms with Crippen molar-refractivity contribution in [3.8, 4) is 0 Å². The van der Waals surface area contributed by atoms with Crippen LogP contribution in [0.5, 0.6) is 0 Å². The van der Waals surface area contributed by atoms with E-state index in [-0.39, 0.29) is 5.91 Å². The van der Waals surface area contributed by atoms with Crippen LogP contribution < -0.4 is 10.6 Å². The first-order valence-electron chi connectivity index (χ1n) is 7.79. The molecule has 0 bridgehead atoms. The Bertz CT molecular complexity index is 685. The minimum Gasteiger partial charge on any atom is -0.464 e. The third kappa shape index (κ3) is 2.44. The molecule has 1 fully saturated rings. The molecule has 2 aliphatic rings. The minimum atomic E-state index is 0.0881. The Kier molecular flexibility index (Phi) is 3.19. The Morgan fingerprint density at radius 3 is 2.86 bits per heavy atom. The zero-order valence-corrected chi connectivity index (χ0v) is 12.1. The van der Waals surface area contributed by atoms with Crippen molar-refractivity contribution in [2.75, 3.05) is 19.6 Å². The number of amides is 1. The van der Waals surface area contributed by atoms with E-state index in [1.54, 1.807) is 6.26 Å². The van der Waals surface area contributed by atoms with E-state index in [0.29, 0.717) is 12.3 Å². The van der Waals surface area contributed by atoms with Crippen LogP contribution in [0.3, 0.4) is 0 Å². The normalized spacial score (nSPS) is 17.7. The van der Waals surface area contributed by atoms with E-state index in [2.05, 4.69) is 22.8 Å². The summed E-state index contributed by atoms with van der Waals surface area (Å²) in [7, 11) is 0. The smallest absolute Gasteiger partial charge is 0.224 e. The highest BCUT2D eigenvalue weighted by Gasteiger charge is 2.19. The molecule has 0 atom stereocenters. The van der Waals surface area contributed by atoms with Gasteiger partial charge in [0.05, 0.1) is 12.7 Å². The molecule has 1 aliphatic heterocycles. The molecule has 21 heavy (non-hydrogen) atoms. The third-order valence-electron chi connectivity index (χ3n) is 4.67. The molecule has 1 aliphatic carbocycles. The molecule has 4 heteroatoms. The van der Waals surface area contributed by atoms with Crippen LogP contribution in [0.15, 0.2) is 22.8 Å². The van der Waals surface area contributed by atoms with Gasteiger partial charge in [-0.2, -0.15) is 0 Å². The summed E-state index contributed by atoms with van der Waals surface area (Å²) in [6.07, 6.45) is 5.68. The van der Waals surface area contributed by atoms with Gasteiger partial charge in [0, 0.05) is 36.5 Å². The summed E-state index contributed by atoms with van der Waals surface area (Å²) in [5.74, 6) is 0.684. The number of carbonyl (C=O) groups excluding carboxylic acids is 1. The molecule has 0 spiro atoms. The van der Waals surface area contributed by atoms with Gasteiger partial charge in [0.2, 0.25) is 5.91 Å². The lowest BCUT2D eigenvalue weighted by molar-refractivity contribution is -0.120. The highest BCUT2D eigenvalue weighted by Crippen LogP contribution is 2.30. The molecule has 2 heterocycles. The summed E-state index contributed by atoms with van der Waals surface area (Å²) in [5, 5.41) is 7.34. The van der Waals surface area contributed by atoms with Crippen LogP contribution >= 0.6 is 0 Å². The number of rotatable bonds is 4.